The van der Waals surface area contributed by atoms with Crippen LogP contribution < -0.4 is 4.90 Å². The molecule has 1 heterocycles. The fourth-order valence-electron chi connectivity index (χ4n) is 2.10. The highest BCUT2D eigenvalue weighted by molar-refractivity contribution is 8.26. The van der Waals surface area contributed by atoms with Crippen LogP contribution in [0, 0.1) is 0 Å². The molecule has 1 fully saturated rings. The molecular formula is C16H18N2O3S2. The summed E-state index contributed by atoms with van der Waals surface area (Å²) >= 11 is 6.48. The third-order valence-corrected chi connectivity index (χ3v) is 4.73. The van der Waals surface area contributed by atoms with E-state index in [0.29, 0.717) is 22.2 Å². The lowest BCUT2D eigenvalue weighted by Crippen LogP contribution is -2.29. The average Bonchev–Trinajstić information content (AvgIpc) is 2.75. The van der Waals surface area contributed by atoms with Gasteiger partial charge in [-0.1, -0.05) is 36.1 Å². The number of hydrogen-bond donors (Lipinski definition) is 1. The Balaban J connectivity index is 2.07. The largest absolute Gasteiger partial charge is 0.481 e. The molecule has 0 unspecified atom stereocenters. The second kappa shape index (κ2) is 7.61. The van der Waals surface area contributed by atoms with E-state index in [-0.39, 0.29) is 12.3 Å². The van der Waals surface area contributed by atoms with Gasteiger partial charge in [-0.05, 0) is 30.2 Å². The Hall–Kier alpha value is -1.86. The van der Waals surface area contributed by atoms with Gasteiger partial charge >= 0.3 is 5.97 Å². The van der Waals surface area contributed by atoms with Crippen LogP contribution >= 0.6 is 24.0 Å². The first-order valence-corrected chi connectivity index (χ1v) is 8.35. The van der Waals surface area contributed by atoms with E-state index in [4.69, 9.17) is 17.3 Å². The predicted octanol–water partition coefficient (Wildman–Crippen LogP) is 2.82. The van der Waals surface area contributed by atoms with E-state index in [0.717, 1.165) is 11.3 Å². The third-order valence-electron chi connectivity index (χ3n) is 3.35. The molecule has 7 heteroatoms. The first kappa shape index (κ1) is 17.5. The van der Waals surface area contributed by atoms with Crippen molar-refractivity contribution in [3.05, 3.63) is 34.7 Å². The van der Waals surface area contributed by atoms with Crippen LogP contribution in [-0.4, -0.2) is 46.8 Å². The highest BCUT2D eigenvalue weighted by atomic mass is 32.2. The number of amides is 1. The molecule has 0 spiro atoms. The molecule has 0 saturated carbocycles. The summed E-state index contributed by atoms with van der Waals surface area (Å²) in [6.45, 7) is 0.341. The van der Waals surface area contributed by atoms with Crippen molar-refractivity contribution in [2.75, 3.05) is 25.5 Å². The van der Waals surface area contributed by atoms with Crippen LogP contribution in [-0.2, 0) is 9.59 Å². The van der Waals surface area contributed by atoms with Crippen LogP contribution in [0.3, 0.4) is 0 Å². The van der Waals surface area contributed by atoms with Gasteiger partial charge in [-0.3, -0.25) is 14.5 Å². The molecule has 0 atom stereocenters. The van der Waals surface area contributed by atoms with E-state index in [2.05, 4.69) is 0 Å². The summed E-state index contributed by atoms with van der Waals surface area (Å²) in [7, 11) is 3.94. The fourth-order valence-corrected chi connectivity index (χ4v) is 3.41. The molecule has 1 amide bonds. The first-order chi connectivity index (χ1) is 10.9. The third kappa shape index (κ3) is 4.56. The van der Waals surface area contributed by atoms with Gasteiger partial charge in [-0.25, -0.2) is 0 Å². The number of thioether (sulfide) groups is 1. The van der Waals surface area contributed by atoms with Crippen LogP contribution in [0.25, 0.3) is 6.08 Å². The van der Waals surface area contributed by atoms with Crippen molar-refractivity contribution in [3.63, 3.8) is 0 Å². The normalized spacial score (nSPS) is 16.3. The van der Waals surface area contributed by atoms with Crippen molar-refractivity contribution >= 4 is 51.9 Å². The molecule has 0 radical (unpaired) electrons. The summed E-state index contributed by atoms with van der Waals surface area (Å²) in [5, 5.41) is 8.67. The smallest absolute Gasteiger partial charge is 0.303 e. The molecule has 2 rings (SSSR count). The Morgan fingerprint density at radius 1 is 1.35 bits per heavy atom. The lowest BCUT2D eigenvalue weighted by atomic mass is 10.2. The van der Waals surface area contributed by atoms with Gasteiger partial charge in [0.2, 0.25) is 0 Å². The number of carbonyl (C=O) groups is 2. The maximum atomic E-state index is 12.4. The van der Waals surface area contributed by atoms with Crippen molar-refractivity contribution in [2.24, 2.45) is 0 Å². The van der Waals surface area contributed by atoms with E-state index in [1.165, 1.54) is 16.7 Å². The molecular weight excluding hydrogens is 332 g/mol. The van der Waals surface area contributed by atoms with Crippen LogP contribution in [0.15, 0.2) is 29.2 Å². The molecule has 0 aromatic heterocycles. The maximum Gasteiger partial charge on any atom is 0.303 e. The van der Waals surface area contributed by atoms with Crippen molar-refractivity contribution < 1.29 is 14.7 Å². The lowest BCUT2D eigenvalue weighted by Gasteiger charge is -2.13. The number of carbonyl (C=O) groups excluding carboxylic acids is 1. The number of nitrogens with zero attached hydrogens (tertiary/aromatic N) is 2. The Morgan fingerprint density at radius 3 is 2.57 bits per heavy atom. The monoisotopic (exact) mass is 350 g/mol. The summed E-state index contributed by atoms with van der Waals surface area (Å²) in [5.41, 5.74) is 2.02. The number of hydrogen-bond acceptors (Lipinski definition) is 5. The van der Waals surface area contributed by atoms with Crippen molar-refractivity contribution in [3.8, 4) is 0 Å². The molecule has 1 aliphatic heterocycles. The first-order valence-electron chi connectivity index (χ1n) is 7.13. The number of aliphatic carboxylic acids is 1. The van der Waals surface area contributed by atoms with Gasteiger partial charge in [-0.15, -0.1) is 0 Å². The molecule has 0 bridgehead atoms. The Morgan fingerprint density at radius 2 is 2.00 bits per heavy atom. The Kier molecular flexibility index (Phi) is 5.79. The highest BCUT2D eigenvalue weighted by Crippen LogP contribution is 2.32. The molecule has 5 nitrogen and oxygen atoms in total. The average molecular weight is 350 g/mol. The Labute approximate surface area is 145 Å². The highest BCUT2D eigenvalue weighted by Gasteiger charge is 2.31. The minimum absolute atomic E-state index is 0.0299. The summed E-state index contributed by atoms with van der Waals surface area (Å²) in [6.07, 6.45) is 2.24. The quantitative estimate of drug-likeness (QED) is 0.629. The van der Waals surface area contributed by atoms with E-state index in [1.807, 2.05) is 49.3 Å². The molecule has 1 aliphatic rings. The molecule has 0 aliphatic carbocycles. The zero-order chi connectivity index (χ0) is 17.0. The van der Waals surface area contributed by atoms with Crippen molar-refractivity contribution in [1.29, 1.82) is 0 Å². The summed E-state index contributed by atoms with van der Waals surface area (Å²) in [5.74, 6) is -1.02. The zero-order valence-electron chi connectivity index (χ0n) is 13.0. The minimum atomic E-state index is -0.869. The molecule has 122 valence electrons. The number of carboxylic acid groups (broad SMARTS) is 1. The maximum absolute atomic E-state index is 12.4. The summed E-state index contributed by atoms with van der Waals surface area (Å²) in [4.78, 5) is 27.0. The number of rotatable bonds is 6. The predicted molar refractivity (Wildman–Crippen MR) is 97.5 cm³/mol. The van der Waals surface area contributed by atoms with E-state index >= 15 is 0 Å². The van der Waals surface area contributed by atoms with Crippen molar-refractivity contribution in [1.82, 2.24) is 4.90 Å². The zero-order valence-corrected chi connectivity index (χ0v) is 14.6. The van der Waals surface area contributed by atoms with Crippen LogP contribution in [0.1, 0.15) is 18.4 Å². The fraction of sp³-hybridized carbons (Fsp3) is 0.312. The van der Waals surface area contributed by atoms with Gasteiger partial charge in [-0.2, -0.15) is 0 Å². The van der Waals surface area contributed by atoms with E-state index in [9.17, 15) is 9.59 Å². The molecule has 1 aromatic carbocycles. The van der Waals surface area contributed by atoms with Crippen LogP contribution in [0.2, 0.25) is 0 Å². The second-order valence-electron chi connectivity index (χ2n) is 5.32. The second-order valence-corrected chi connectivity index (χ2v) is 6.99. The van der Waals surface area contributed by atoms with Crippen LogP contribution in [0.5, 0.6) is 0 Å². The van der Waals surface area contributed by atoms with Gasteiger partial charge in [0.15, 0.2) is 0 Å². The van der Waals surface area contributed by atoms with Gasteiger partial charge < -0.3 is 10.0 Å². The molecule has 23 heavy (non-hydrogen) atoms. The SMILES string of the molecule is CN(C)c1ccc(C=C2SC(=S)N(CCCC(=O)O)C2=O)cc1. The standard InChI is InChI=1S/C16H18N2O3S2/c1-17(2)12-7-5-11(6-8-12)10-13-15(21)18(16(22)23-13)9-3-4-14(19)20/h5-8,10H,3-4,9H2,1-2H3,(H,19,20). The molecule has 1 aromatic rings. The Bertz CT molecular complexity index is 654. The van der Waals surface area contributed by atoms with Gasteiger partial charge in [0.05, 0.1) is 4.91 Å². The number of carboxylic acids is 1. The van der Waals surface area contributed by atoms with Gasteiger partial charge in [0.1, 0.15) is 4.32 Å². The lowest BCUT2D eigenvalue weighted by molar-refractivity contribution is -0.137. The van der Waals surface area contributed by atoms with E-state index in [1.54, 1.807) is 0 Å². The molecule has 1 N–H and O–H groups in total. The number of thiocarbonyl (C=S) groups is 1. The molecule has 1 saturated heterocycles. The topological polar surface area (TPSA) is 60.9 Å². The van der Waals surface area contributed by atoms with Crippen LogP contribution in [0.4, 0.5) is 5.69 Å². The van der Waals surface area contributed by atoms with E-state index < -0.39 is 5.97 Å². The van der Waals surface area contributed by atoms with Gasteiger partial charge in [0, 0.05) is 32.7 Å². The minimum Gasteiger partial charge on any atom is -0.481 e. The number of anilines is 1. The number of benzene rings is 1. The van der Waals surface area contributed by atoms with Gasteiger partial charge in [0.25, 0.3) is 5.91 Å². The van der Waals surface area contributed by atoms with Crippen molar-refractivity contribution in [2.45, 2.75) is 12.8 Å². The summed E-state index contributed by atoms with van der Waals surface area (Å²) < 4.78 is 0.483. The summed E-state index contributed by atoms with van der Waals surface area (Å²) in [6, 6.07) is 7.87.